The van der Waals surface area contributed by atoms with Crippen LogP contribution in [-0.4, -0.2) is 12.9 Å². The molecule has 3 rings (SSSR count). The fourth-order valence-corrected chi connectivity index (χ4v) is 2.60. The van der Waals surface area contributed by atoms with Gasteiger partial charge in [-0.1, -0.05) is 18.2 Å². The van der Waals surface area contributed by atoms with E-state index in [1.165, 1.54) is 6.07 Å². The molecule has 3 heteroatoms. The number of hydrogen-bond acceptors (Lipinski definition) is 2. The van der Waals surface area contributed by atoms with Crippen molar-refractivity contribution in [1.82, 2.24) is 0 Å². The Morgan fingerprint density at radius 3 is 2.71 bits per heavy atom. The molecule has 0 spiro atoms. The van der Waals surface area contributed by atoms with Gasteiger partial charge in [-0.25, -0.2) is 4.39 Å². The van der Waals surface area contributed by atoms with Crippen molar-refractivity contribution < 1.29 is 13.9 Å². The second-order valence-corrected chi connectivity index (χ2v) is 5.04. The number of aryl methyl sites for hydroxylation is 1. The van der Waals surface area contributed by atoms with Gasteiger partial charge in [-0.15, -0.1) is 0 Å². The predicted octanol–water partition coefficient (Wildman–Crippen LogP) is 4.05. The molecule has 0 fully saturated rings. The van der Waals surface area contributed by atoms with E-state index in [9.17, 15) is 9.18 Å². The number of fused-ring (bicyclic) bond motifs is 1. The maximum absolute atomic E-state index is 13.7. The Balaban J connectivity index is 1.98. The number of benzene rings is 2. The molecule has 0 atom stereocenters. The molecule has 0 saturated heterocycles. The summed E-state index contributed by atoms with van der Waals surface area (Å²) in [6, 6.07) is 11.9. The van der Waals surface area contributed by atoms with E-state index in [2.05, 4.69) is 0 Å². The molecule has 0 N–H and O–H groups in total. The number of methoxy groups -OCH3 is 1. The SMILES string of the molecule is COc1ccc2c(c1)CCC(=Cc1ccccc1F)C2=O. The van der Waals surface area contributed by atoms with Crippen molar-refractivity contribution in [1.29, 1.82) is 0 Å². The number of ether oxygens (including phenoxy) is 1. The van der Waals surface area contributed by atoms with E-state index in [1.54, 1.807) is 43.5 Å². The molecule has 1 aliphatic carbocycles. The van der Waals surface area contributed by atoms with Crippen LogP contribution in [-0.2, 0) is 6.42 Å². The maximum Gasteiger partial charge on any atom is 0.189 e. The highest BCUT2D eigenvalue weighted by Gasteiger charge is 2.22. The molecule has 0 heterocycles. The van der Waals surface area contributed by atoms with Gasteiger partial charge < -0.3 is 4.74 Å². The van der Waals surface area contributed by atoms with E-state index in [-0.39, 0.29) is 11.6 Å². The number of hydrogen-bond donors (Lipinski definition) is 0. The first-order chi connectivity index (χ1) is 10.2. The summed E-state index contributed by atoms with van der Waals surface area (Å²) in [5, 5.41) is 0. The number of ketones is 1. The molecular weight excluding hydrogens is 267 g/mol. The van der Waals surface area contributed by atoms with Crippen molar-refractivity contribution in [3.63, 3.8) is 0 Å². The van der Waals surface area contributed by atoms with Gasteiger partial charge in [-0.05, 0) is 48.7 Å². The lowest BCUT2D eigenvalue weighted by molar-refractivity contribution is 0.102. The topological polar surface area (TPSA) is 26.3 Å². The van der Waals surface area contributed by atoms with Crippen molar-refractivity contribution in [3.05, 3.63) is 70.5 Å². The second-order valence-electron chi connectivity index (χ2n) is 5.04. The third-order valence-corrected chi connectivity index (χ3v) is 3.75. The zero-order valence-corrected chi connectivity index (χ0v) is 11.7. The molecule has 2 aromatic carbocycles. The van der Waals surface area contributed by atoms with Crippen LogP contribution in [0.4, 0.5) is 4.39 Å². The molecule has 2 nitrogen and oxygen atoms in total. The Morgan fingerprint density at radius 2 is 1.95 bits per heavy atom. The number of rotatable bonds is 2. The number of allylic oxidation sites excluding steroid dienone is 1. The van der Waals surface area contributed by atoms with E-state index in [0.717, 1.165) is 17.7 Å². The highest BCUT2D eigenvalue weighted by molar-refractivity contribution is 6.13. The van der Waals surface area contributed by atoms with Gasteiger partial charge in [-0.3, -0.25) is 4.79 Å². The van der Waals surface area contributed by atoms with Crippen LogP contribution in [0.3, 0.4) is 0 Å². The maximum atomic E-state index is 13.7. The molecule has 1 aliphatic rings. The van der Waals surface area contributed by atoms with Crippen LogP contribution in [0.1, 0.15) is 27.9 Å². The minimum Gasteiger partial charge on any atom is -0.497 e. The summed E-state index contributed by atoms with van der Waals surface area (Å²) < 4.78 is 18.9. The van der Waals surface area contributed by atoms with E-state index < -0.39 is 0 Å². The van der Waals surface area contributed by atoms with Gasteiger partial charge in [0, 0.05) is 16.7 Å². The average molecular weight is 282 g/mol. The van der Waals surface area contributed by atoms with Gasteiger partial charge in [0.15, 0.2) is 5.78 Å². The van der Waals surface area contributed by atoms with Crippen LogP contribution in [0.15, 0.2) is 48.0 Å². The Bertz CT molecular complexity index is 732. The van der Waals surface area contributed by atoms with Gasteiger partial charge in [0.05, 0.1) is 7.11 Å². The summed E-state index contributed by atoms with van der Waals surface area (Å²) in [6.07, 6.45) is 3.04. The number of halogens is 1. The smallest absolute Gasteiger partial charge is 0.189 e. The third-order valence-electron chi connectivity index (χ3n) is 3.75. The second kappa shape index (κ2) is 5.52. The van der Waals surface area contributed by atoms with E-state index in [4.69, 9.17) is 4.74 Å². The van der Waals surface area contributed by atoms with Crippen LogP contribution in [0.5, 0.6) is 5.75 Å². The Kier molecular flexibility index (Phi) is 3.57. The first-order valence-corrected chi connectivity index (χ1v) is 6.86. The zero-order valence-electron chi connectivity index (χ0n) is 11.7. The standard InChI is InChI=1S/C18H15FO2/c1-21-15-8-9-16-12(11-15)6-7-14(18(16)20)10-13-4-2-3-5-17(13)19/h2-5,8-11H,6-7H2,1H3. The van der Waals surface area contributed by atoms with Crippen LogP contribution in [0.2, 0.25) is 0 Å². The van der Waals surface area contributed by atoms with E-state index >= 15 is 0 Å². The fraction of sp³-hybridized carbons (Fsp3) is 0.167. The lowest BCUT2D eigenvalue weighted by Gasteiger charge is -2.18. The van der Waals surface area contributed by atoms with Crippen molar-refractivity contribution in [3.8, 4) is 5.75 Å². The van der Waals surface area contributed by atoms with Crippen molar-refractivity contribution >= 4 is 11.9 Å². The Labute approximate surface area is 122 Å². The van der Waals surface area contributed by atoms with Crippen molar-refractivity contribution in [2.24, 2.45) is 0 Å². The van der Waals surface area contributed by atoms with Gasteiger partial charge >= 0.3 is 0 Å². The molecule has 21 heavy (non-hydrogen) atoms. The van der Waals surface area contributed by atoms with E-state index in [0.29, 0.717) is 23.1 Å². The summed E-state index contributed by atoms with van der Waals surface area (Å²) in [5.74, 6) is 0.420. The first kappa shape index (κ1) is 13.6. The molecule has 106 valence electrons. The van der Waals surface area contributed by atoms with Crippen molar-refractivity contribution in [2.75, 3.05) is 7.11 Å². The number of Topliss-reactive ketones (excluding diaryl/α,β-unsaturated/α-hetero) is 1. The first-order valence-electron chi connectivity index (χ1n) is 6.86. The molecule has 0 aromatic heterocycles. The molecule has 0 saturated carbocycles. The summed E-state index contributed by atoms with van der Waals surface area (Å²) in [6.45, 7) is 0. The van der Waals surface area contributed by atoms with Crippen LogP contribution in [0, 0.1) is 5.82 Å². The molecule has 0 aliphatic heterocycles. The van der Waals surface area contributed by atoms with E-state index in [1.807, 2.05) is 6.07 Å². The Hall–Kier alpha value is -2.42. The molecule has 0 unspecified atom stereocenters. The van der Waals surface area contributed by atoms with Gasteiger partial charge in [0.2, 0.25) is 0 Å². The minimum absolute atomic E-state index is 0.0258. The predicted molar refractivity (Wildman–Crippen MR) is 80.0 cm³/mol. The molecule has 2 aromatic rings. The van der Waals surface area contributed by atoms with Crippen LogP contribution in [0.25, 0.3) is 6.08 Å². The van der Waals surface area contributed by atoms with Gasteiger partial charge in [-0.2, -0.15) is 0 Å². The summed E-state index contributed by atoms with van der Waals surface area (Å²) in [4.78, 5) is 12.5. The zero-order chi connectivity index (χ0) is 14.8. The fourth-order valence-electron chi connectivity index (χ4n) is 2.60. The monoisotopic (exact) mass is 282 g/mol. The molecular formula is C18H15FO2. The van der Waals surface area contributed by atoms with Crippen molar-refractivity contribution in [2.45, 2.75) is 12.8 Å². The van der Waals surface area contributed by atoms with Gasteiger partial charge in [0.25, 0.3) is 0 Å². The Morgan fingerprint density at radius 1 is 1.14 bits per heavy atom. The minimum atomic E-state index is -0.307. The molecule has 0 bridgehead atoms. The summed E-state index contributed by atoms with van der Waals surface area (Å²) >= 11 is 0. The normalized spacial score (nSPS) is 15.9. The number of carbonyl (C=O) groups excluding carboxylic acids is 1. The highest BCUT2D eigenvalue weighted by atomic mass is 19.1. The number of carbonyl (C=O) groups is 1. The van der Waals surface area contributed by atoms with Gasteiger partial charge in [0.1, 0.15) is 11.6 Å². The highest BCUT2D eigenvalue weighted by Crippen LogP contribution is 2.29. The van der Waals surface area contributed by atoms with Crippen LogP contribution >= 0.6 is 0 Å². The third kappa shape index (κ3) is 2.59. The average Bonchev–Trinajstić information content (AvgIpc) is 2.51. The quantitative estimate of drug-likeness (QED) is 0.777. The molecule has 0 radical (unpaired) electrons. The summed E-state index contributed by atoms with van der Waals surface area (Å²) in [5.41, 5.74) is 2.78. The largest absolute Gasteiger partial charge is 0.497 e. The van der Waals surface area contributed by atoms with Crippen LogP contribution < -0.4 is 4.74 Å². The molecule has 0 amide bonds. The lowest BCUT2D eigenvalue weighted by Crippen LogP contribution is -2.14. The summed E-state index contributed by atoms with van der Waals surface area (Å²) in [7, 11) is 1.61. The lowest BCUT2D eigenvalue weighted by atomic mass is 9.86.